The third-order valence-corrected chi connectivity index (χ3v) is 5.49. The third kappa shape index (κ3) is 4.41. The second kappa shape index (κ2) is 8.60. The maximum Gasteiger partial charge on any atom is 0.307 e. The Balaban J connectivity index is 1.77. The quantitative estimate of drug-likeness (QED) is 0.328. The lowest BCUT2D eigenvalue weighted by Gasteiger charge is -2.13. The summed E-state index contributed by atoms with van der Waals surface area (Å²) in [7, 11) is 0. The Bertz CT molecular complexity index is 1230. The number of carboxylic acids is 1. The van der Waals surface area contributed by atoms with E-state index in [1.165, 1.54) is 6.26 Å². The Hall–Kier alpha value is -2.66. The zero-order valence-corrected chi connectivity index (χ0v) is 17.8. The van der Waals surface area contributed by atoms with Gasteiger partial charge in [0.1, 0.15) is 17.9 Å². The van der Waals surface area contributed by atoms with Gasteiger partial charge in [-0.05, 0) is 35.9 Å². The Kier molecular flexibility index (Phi) is 5.91. The number of ether oxygens (including phenoxy) is 1. The Morgan fingerprint density at radius 3 is 2.37 bits per heavy atom. The van der Waals surface area contributed by atoms with Crippen LogP contribution in [0.25, 0.3) is 22.1 Å². The molecule has 0 saturated heterocycles. The number of halogens is 3. The number of fused-ring (bicyclic) bond motifs is 1. The molecule has 0 amide bonds. The molecule has 3 aromatic carbocycles. The number of hydrogen-bond donors (Lipinski definition) is 1. The lowest BCUT2D eigenvalue weighted by atomic mass is 10.0. The summed E-state index contributed by atoms with van der Waals surface area (Å²) in [4.78, 5) is 11.2. The number of hydrogen-bond acceptors (Lipinski definition) is 3. The first-order valence-corrected chi connectivity index (χ1v) is 10.1. The topological polar surface area (TPSA) is 59.7 Å². The maximum atomic E-state index is 11.2. The van der Waals surface area contributed by atoms with Crippen molar-refractivity contribution in [3.63, 3.8) is 0 Å². The van der Waals surface area contributed by atoms with Gasteiger partial charge in [0.2, 0.25) is 0 Å². The molecule has 1 heterocycles. The predicted octanol–water partition coefficient (Wildman–Crippen LogP) is 7.27. The molecule has 0 unspecified atom stereocenters. The van der Waals surface area contributed by atoms with Crippen molar-refractivity contribution in [1.29, 1.82) is 0 Å². The van der Waals surface area contributed by atoms with Crippen LogP contribution in [-0.2, 0) is 17.8 Å². The summed E-state index contributed by atoms with van der Waals surface area (Å²) in [5.41, 5.74) is 3.59. The van der Waals surface area contributed by atoms with Crippen molar-refractivity contribution < 1.29 is 19.1 Å². The predicted molar refractivity (Wildman–Crippen MR) is 119 cm³/mol. The van der Waals surface area contributed by atoms with Gasteiger partial charge in [0.05, 0.1) is 12.7 Å². The van der Waals surface area contributed by atoms with Crippen LogP contribution in [0, 0.1) is 0 Å². The van der Waals surface area contributed by atoms with Crippen molar-refractivity contribution in [2.45, 2.75) is 13.0 Å². The van der Waals surface area contributed by atoms with Crippen molar-refractivity contribution in [3.8, 4) is 16.9 Å². The molecule has 0 radical (unpaired) electrons. The fraction of sp³-hybridized carbons (Fsp3) is 0.0870. The molecule has 0 fully saturated rings. The molecule has 152 valence electrons. The van der Waals surface area contributed by atoms with Gasteiger partial charge >= 0.3 is 5.97 Å². The largest absolute Gasteiger partial charge is 0.488 e. The molecule has 0 aliphatic heterocycles. The van der Waals surface area contributed by atoms with Gasteiger partial charge in [0, 0.05) is 43.2 Å². The fourth-order valence-electron chi connectivity index (χ4n) is 3.18. The number of carboxylic acid groups (broad SMARTS) is 1. The maximum absolute atomic E-state index is 11.2. The number of rotatable bonds is 6. The molecular formula is C23H15Cl3O4. The van der Waals surface area contributed by atoms with Gasteiger partial charge in [-0.3, -0.25) is 4.79 Å². The minimum atomic E-state index is -0.927. The summed E-state index contributed by atoms with van der Waals surface area (Å²) < 4.78 is 11.7. The van der Waals surface area contributed by atoms with Crippen molar-refractivity contribution in [3.05, 3.63) is 87.1 Å². The van der Waals surface area contributed by atoms with E-state index in [-0.39, 0.29) is 13.0 Å². The zero-order chi connectivity index (χ0) is 21.3. The smallest absolute Gasteiger partial charge is 0.307 e. The molecule has 0 aliphatic rings. The third-order valence-electron chi connectivity index (χ3n) is 4.65. The van der Waals surface area contributed by atoms with Crippen molar-refractivity contribution in [2.24, 2.45) is 0 Å². The highest BCUT2D eigenvalue weighted by atomic mass is 35.5. The molecule has 4 rings (SSSR count). The first-order valence-electron chi connectivity index (χ1n) is 8.99. The summed E-state index contributed by atoms with van der Waals surface area (Å²) in [6, 6.07) is 16.2. The van der Waals surface area contributed by atoms with Crippen LogP contribution in [-0.4, -0.2) is 11.1 Å². The van der Waals surface area contributed by atoms with E-state index in [2.05, 4.69) is 0 Å². The molecule has 0 aliphatic carbocycles. The molecular weight excluding hydrogens is 447 g/mol. The molecule has 4 aromatic rings. The van der Waals surface area contributed by atoms with E-state index in [0.29, 0.717) is 32.0 Å². The van der Waals surface area contributed by atoms with Crippen molar-refractivity contribution in [2.75, 3.05) is 0 Å². The standard InChI is InChI=1S/C23H15Cl3O4/c24-16-4-1-13(2-5-16)18-9-19-15(7-23(27)28)12-30-22(19)10-21(18)29-11-14-3-6-17(25)8-20(14)26/h1-6,8-10,12H,7,11H2,(H,27,28). The van der Waals surface area contributed by atoms with E-state index in [1.54, 1.807) is 30.3 Å². The normalized spacial score (nSPS) is 11.0. The highest BCUT2D eigenvalue weighted by Crippen LogP contribution is 2.37. The number of carbonyl (C=O) groups is 1. The van der Waals surface area contributed by atoms with Crippen LogP contribution in [0.5, 0.6) is 5.75 Å². The molecule has 30 heavy (non-hydrogen) atoms. The van der Waals surface area contributed by atoms with Gasteiger partial charge in [0.25, 0.3) is 0 Å². The van der Waals surface area contributed by atoms with E-state index in [1.807, 2.05) is 24.3 Å². The highest BCUT2D eigenvalue weighted by Gasteiger charge is 2.16. The van der Waals surface area contributed by atoms with Crippen LogP contribution in [0.1, 0.15) is 11.1 Å². The molecule has 0 bridgehead atoms. The van der Waals surface area contributed by atoms with E-state index in [4.69, 9.17) is 49.1 Å². The first-order chi connectivity index (χ1) is 14.4. The molecule has 0 saturated carbocycles. The summed E-state index contributed by atoms with van der Waals surface area (Å²) in [5.74, 6) is -0.351. The van der Waals surface area contributed by atoms with E-state index >= 15 is 0 Å². The van der Waals surface area contributed by atoms with Gasteiger partial charge in [-0.1, -0.05) is 53.0 Å². The highest BCUT2D eigenvalue weighted by molar-refractivity contribution is 6.35. The zero-order valence-electron chi connectivity index (χ0n) is 15.5. The van der Waals surface area contributed by atoms with E-state index in [9.17, 15) is 4.79 Å². The van der Waals surface area contributed by atoms with Gasteiger partial charge in [-0.15, -0.1) is 0 Å². The fourth-order valence-corrected chi connectivity index (χ4v) is 3.77. The van der Waals surface area contributed by atoms with Gasteiger partial charge < -0.3 is 14.3 Å². The summed E-state index contributed by atoms with van der Waals surface area (Å²) >= 11 is 18.3. The van der Waals surface area contributed by atoms with Gasteiger partial charge in [0.15, 0.2) is 0 Å². The molecule has 7 heteroatoms. The molecule has 0 atom stereocenters. The van der Waals surface area contributed by atoms with Crippen LogP contribution in [0.15, 0.2) is 65.3 Å². The van der Waals surface area contributed by atoms with Crippen LogP contribution < -0.4 is 4.74 Å². The summed E-state index contributed by atoms with van der Waals surface area (Å²) in [6.45, 7) is 0.227. The first kappa shape index (κ1) is 20.6. The van der Waals surface area contributed by atoms with Crippen molar-refractivity contribution in [1.82, 2.24) is 0 Å². The average molecular weight is 462 g/mol. The number of aliphatic carboxylic acids is 1. The second-order valence-electron chi connectivity index (χ2n) is 6.71. The SMILES string of the molecule is O=C(O)Cc1coc2cc(OCc3ccc(Cl)cc3Cl)c(-c3ccc(Cl)cc3)cc12. The molecule has 0 spiro atoms. The van der Waals surface area contributed by atoms with Crippen molar-refractivity contribution >= 4 is 51.7 Å². The lowest BCUT2D eigenvalue weighted by molar-refractivity contribution is -0.136. The minimum absolute atomic E-state index is 0.131. The summed E-state index contributed by atoms with van der Waals surface area (Å²) in [5, 5.41) is 11.6. The van der Waals surface area contributed by atoms with Crippen LogP contribution >= 0.6 is 34.8 Å². The Morgan fingerprint density at radius 1 is 0.933 bits per heavy atom. The average Bonchev–Trinajstić information content (AvgIpc) is 3.08. The van der Waals surface area contributed by atoms with Crippen LogP contribution in [0.3, 0.4) is 0 Å². The molecule has 1 N–H and O–H groups in total. The Labute approximate surface area is 187 Å². The van der Waals surface area contributed by atoms with Gasteiger partial charge in [-0.2, -0.15) is 0 Å². The molecule has 4 nitrogen and oxygen atoms in total. The van der Waals surface area contributed by atoms with Crippen LogP contribution in [0.2, 0.25) is 15.1 Å². The number of furan rings is 1. The second-order valence-corrected chi connectivity index (χ2v) is 7.99. The van der Waals surface area contributed by atoms with E-state index < -0.39 is 5.97 Å². The lowest BCUT2D eigenvalue weighted by Crippen LogP contribution is -2.00. The summed E-state index contributed by atoms with van der Waals surface area (Å²) in [6.07, 6.45) is 1.33. The van der Waals surface area contributed by atoms with E-state index in [0.717, 1.165) is 22.1 Å². The van der Waals surface area contributed by atoms with Gasteiger partial charge in [-0.25, -0.2) is 0 Å². The Morgan fingerprint density at radius 2 is 1.67 bits per heavy atom. The monoisotopic (exact) mass is 460 g/mol. The number of benzene rings is 3. The van der Waals surface area contributed by atoms with Crippen LogP contribution in [0.4, 0.5) is 0 Å². The minimum Gasteiger partial charge on any atom is -0.488 e. The molecule has 1 aromatic heterocycles.